The maximum atomic E-state index is 13.2. The summed E-state index contributed by atoms with van der Waals surface area (Å²) < 4.78 is 18.5. The van der Waals surface area contributed by atoms with Gasteiger partial charge in [0, 0.05) is 24.3 Å². The van der Waals surface area contributed by atoms with Gasteiger partial charge in [0.15, 0.2) is 5.11 Å². The number of nitrogens with zero attached hydrogens (tertiary/aromatic N) is 1. The normalized spacial score (nSPS) is 14.7. The second-order valence-electron chi connectivity index (χ2n) is 6.71. The number of hydrogen-bond donors (Lipinski definition) is 1. The predicted molar refractivity (Wildman–Crippen MR) is 108 cm³/mol. The van der Waals surface area contributed by atoms with Gasteiger partial charge in [-0.3, -0.25) is 0 Å². The Bertz CT molecular complexity index is 729. The van der Waals surface area contributed by atoms with E-state index in [-0.39, 0.29) is 5.82 Å². The lowest BCUT2D eigenvalue weighted by Crippen LogP contribution is -2.43. The van der Waals surface area contributed by atoms with E-state index in [1.54, 1.807) is 7.11 Å². The summed E-state index contributed by atoms with van der Waals surface area (Å²) in [7, 11) is 1.65. The minimum atomic E-state index is -0.213. The fraction of sp³-hybridized carbons (Fsp3) is 0.381. The van der Waals surface area contributed by atoms with Crippen LogP contribution >= 0.6 is 12.2 Å². The van der Waals surface area contributed by atoms with Crippen molar-refractivity contribution in [3.63, 3.8) is 0 Å². The molecule has 2 aromatic rings. The second-order valence-corrected chi connectivity index (χ2v) is 7.10. The van der Waals surface area contributed by atoms with Crippen molar-refractivity contribution in [3.8, 4) is 5.75 Å². The van der Waals surface area contributed by atoms with Gasteiger partial charge in [-0.05, 0) is 54.9 Å². The predicted octanol–water partition coefficient (Wildman–Crippen LogP) is 5.37. The number of methoxy groups -OCH3 is 1. The Morgan fingerprint density at radius 2 is 1.88 bits per heavy atom. The highest BCUT2D eigenvalue weighted by Gasteiger charge is 2.23. The molecule has 3 nitrogen and oxygen atoms in total. The van der Waals surface area contributed by atoms with Gasteiger partial charge in [-0.25, -0.2) is 4.39 Å². The average Bonchev–Trinajstić information content (AvgIpc) is 2.68. The van der Waals surface area contributed by atoms with Crippen LogP contribution in [0.1, 0.15) is 37.7 Å². The lowest BCUT2D eigenvalue weighted by molar-refractivity contribution is 0.240. The molecule has 1 saturated carbocycles. The second kappa shape index (κ2) is 8.99. The fourth-order valence-electron chi connectivity index (χ4n) is 3.44. The molecule has 0 aliphatic heterocycles. The Balaban J connectivity index is 1.76. The summed E-state index contributed by atoms with van der Waals surface area (Å²) in [6.45, 7) is 0.681. The largest absolute Gasteiger partial charge is 0.497 e. The molecule has 1 aliphatic carbocycles. The van der Waals surface area contributed by atoms with Gasteiger partial charge in [0.2, 0.25) is 0 Å². The minimum Gasteiger partial charge on any atom is -0.497 e. The number of thiocarbonyl (C=S) groups is 1. The SMILES string of the molecule is COc1cccc(NC(=S)N(Cc2ccc(F)cc2)C2CCCCC2)c1. The summed E-state index contributed by atoms with van der Waals surface area (Å²) in [4.78, 5) is 2.25. The van der Waals surface area contributed by atoms with E-state index >= 15 is 0 Å². The van der Waals surface area contributed by atoms with Crippen molar-refractivity contribution in [1.82, 2.24) is 4.90 Å². The number of anilines is 1. The first-order valence-corrected chi connectivity index (χ1v) is 9.52. The molecule has 0 saturated heterocycles. The Labute approximate surface area is 160 Å². The molecular formula is C21H25FN2OS. The van der Waals surface area contributed by atoms with Crippen LogP contribution in [0.4, 0.5) is 10.1 Å². The van der Waals surface area contributed by atoms with Gasteiger partial charge in [-0.2, -0.15) is 0 Å². The lowest BCUT2D eigenvalue weighted by atomic mass is 9.94. The molecule has 0 aromatic heterocycles. The molecular weight excluding hydrogens is 347 g/mol. The van der Waals surface area contributed by atoms with Crippen LogP contribution < -0.4 is 10.1 Å². The van der Waals surface area contributed by atoms with Crippen molar-refractivity contribution in [2.75, 3.05) is 12.4 Å². The van der Waals surface area contributed by atoms with Gasteiger partial charge >= 0.3 is 0 Å². The van der Waals surface area contributed by atoms with E-state index in [4.69, 9.17) is 17.0 Å². The minimum absolute atomic E-state index is 0.213. The smallest absolute Gasteiger partial charge is 0.173 e. The van der Waals surface area contributed by atoms with Crippen LogP contribution in [0.25, 0.3) is 0 Å². The highest BCUT2D eigenvalue weighted by atomic mass is 32.1. The molecule has 0 bridgehead atoms. The van der Waals surface area contributed by atoms with Crippen molar-refractivity contribution < 1.29 is 9.13 Å². The summed E-state index contributed by atoms with van der Waals surface area (Å²) in [6, 6.07) is 14.9. The zero-order valence-electron chi connectivity index (χ0n) is 15.1. The van der Waals surface area contributed by atoms with E-state index < -0.39 is 0 Å². The Morgan fingerprint density at radius 1 is 1.15 bits per heavy atom. The summed E-state index contributed by atoms with van der Waals surface area (Å²) >= 11 is 5.74. The Morgan fingerprint density at radius 3 is 2.58 bits per heavy atom. The van der Waals surface area contributed by atoms with Gasteiger partial charge < -0.3 is 15.0 Å². The van der Waals surface area contributed by atoms with Crippen molar-refractivity contribution >= 4 is 23.0 Å². The van der Waals surface area contributed by atoms with Crippen LogP contribution in [0.2, 0.25) is 0 Å². The van der Waals surface area contributed by atoms with E-state index in [9.17, 15) is 4.39 Å². The van der Waals surface area contributed by atoms with Crippen molar-refractivity contribution in [2.24, 2.45) is 0 Å². The summed E-state index contributed by atoms with van der Waals surface area (Å²) in [5.41, 5.74) is 1.97. The number of ether oxygens (including phenoxy) is 1. The van der Waals surface area contributed by atoms with Crippen molar-refractivity contribution in [2.45, 2.75) is 44.7 Å². The van der Waals surface area contributed by atoms with Crippen LogP contribution in [0.3, 0.4) is 0 Å². The Hall–Kier alpha value is -2.14. The average molecular weight is 373 g/mol. The zero-order valence-corrected chi connectivity index (χ0v) is 15.9. The first kappa shape index (κ1) is 18.6. The molecule has 0 unspecified atom stereocenters. The van der Waals surface area contributed by atoms with Crippen LogP contribution in [-0.2, 0) is 6.54 Å². The topological polar surface area (TPSA) is 24.5 Å². The van der Waals surface area contributed by atoms with E-state index in [2.05, 4.69) is 10.2 Å². The van der Waals surface area contributed by atoms with E-state index in [1.165, 1.54) is 31.4 Å². The molecule has 0 spiro atoms. The highest BCUT2D eigenvalue weighted by Crippen LogP contribution is 2.26. The summed E-state index contributed by atoms with van der Waals surface area (Å²) in [5.74, 6) is 0.579. The molecule has 138 valence electrons. The number of benzene rings is 2. The lowest BCUT2D eigenvalue weighted by Gasteiger charge is -2.36. The molecule has 0 heterocycles. The van der Waals surface area contributed by atoms with Crippen LogP contribution in [-0.4, -0.2) is 23.2 Å². The molecule has 1 aliphatic rings. The van der Waals surface area contributed by atoms with Gasteiger partial charge in [0.25, 0.3) is 0 Å². The molecule has 3 rings (SSSR count). The maximum absolute atomic E-state index is 13.2. The summed E-state index contributed by atoms with van der Waals surface area (Å²) in [6.07, 6.45) is 6.03. The first-order valence-electron chi connectivity index (χ1n) is 9.12. The maximum Gasteiger partial charge on any atom is 0.173 e. The Kier molecular flexibility index (Phi) is 6.45. The third-order valence-corrected chi connectivity index (χ3v) is 5.20. The molecule has 2 aromatic carbocycles. The van der Waals surface area contributed by atoms with Crippen LogP contribution in [0.5, 0.6) is 5.75 Å². The molecule has 26 heavy (non-hydrogen) atoms. The third kappa shape index (κ3) is 4.94. The fourth-order valence-corrected chi connectivity index (χ4v) is 3.77. The number of nitrogens with one attached hydrogen (secondary N) is 1. The number of rotatable bonds is 5. The van der Waals surface area contributed by atoms with E-state index in [0.29, 0.717) is 17.7 Å². The zero-order chi connectivity index (χ0) is 18.4. The molecule has 5 heteroatoms. The highest BCUT2D eigenvalue weighted by molar-refractivity contribution is 7.80. The molecule has 1 N–H and O–H groups in total. The van der Waals surface area contributed by atoms with E-state index in [0.717, 1.165) is 29.8 Å². The van der Waals surface area contributed by atoms with E-state index in [1.807, 2.05) is 36.4 Å². The monoisotopic (exact) mass is 372 g/mol. The number of halogens is 1. The van der Waals surface area contributed by atoms with Gasteiger partial charge in [-0.1, -0.05) is 37.5 Å². The molecule has 0 amide bonds. The molecule has 0 atom stereocenters. The van der Waals surface area contributed by atoms with Gasteiger partial charge in [-0.15, -0.1) is 0 Å². The van der Waals surface area contributed by atoms with Gasteiger partial charge in [0.05, 0.1) is 7.11 Å². The standard InChI is InChI=1S/C21H25FN2OS/c1-25-20-9-5-6-18(14-20)23-21(26)24(19-7-3-2-4-8-19)15-16-10-12-17(22)13-11-16/h5-6,9-14,19H,2-4,7-8,15H2,1H3,(H,23,26). The van der Waals surface area contributed by atoms with Crippen LogP contribution in [0.15, 0.2) is 48.5 Å². The van der Waals surface area contributed by atoms with Crippen molar-refractivity contribution in [3.05, 3.63) is 59.9 Å². The summed E-state index contributed by atoms with van der Waals surface area (Å²) in [5, 5.41) is 4.05. The third-order valence-electron chi connectivity index (χ3n) is 4.86. The molecule has 0 radical (unpaired) electrons. The van der Waals surface area contributed by atoms with Gasteiger partial charge in [0.1, 0.15) is 11.6 Å². The quantitative estimate of drug-likeness (QED) is 0.714. The van der Waals surface area contributed by atoms with Crippen LogP contribution in [0, 0.1) is 5.82 Å². The number of hydrogen-bond acceptors (Lipinski definition) is 2. The molecule has 1 fully saturated rings. The van der Waals surface area contributed by atoms with Crippen molar-refractivity contribution in [1.29, 1.82) is 0 Å². The first-order chi connectivity index (χ1) is 12.7.